The molecule has 2 nitrogen and oxygen atoms in total. The molecule has 2 heteroatoms. The first-order valence-corrected chi connectivity index (χ1v) is 5.42. The Morgan fingerprint density at radius 3 is 2.06 bits per heavy atom. The SMILES string of the molecule is C=CCc1ccccc1O.Nc1ccccc1. The van der Waals surface area contributed by atoms with Crippen LogP contribution in [0.15, 0.2) is 67.3 Å². The van der Waals surface area contributed by atoms with Gasteiger partial charge in [-0.3, -0.25) is 0 Å². The molecule has 0 aliphatic heterocycles. The molecule has 0 atom stereocenters. The molecule has 2 aromatic rings. The normalized spacial score (nSPS) is 8.94. The van der Waals surface area contributed by atoms with Gasteiger partial charge in [0.25, 0.3) is 0 Å². The van der Waals surface area contributed by atoms with Crippen molar-refractivity contribution in [2.45, 2.75) is 6.42 Å². The van der Waals surface area contributed by atoms with Gasteiger partial charge in [0.05, 0.1) is 0 Å². The number of anilines is 1. The van der Waals surface area contributed by atoms with Gasteiger partial charge < -0.3 is 10.8 Å². The van der Waals surface area contributed by atoms with E-state index in [2.05, 4.69) is 6.58 Å². The molecule has 0 aromatic heterocycles. The van der Waals surface area contributed by atoms with E-state index in [-0.39, 0.29) is 0 Å². The number of nitrogen functional groups attached to an aromatic ring is 1. The molecule has 0 radical (unpaired) electrons. The lowest BCUT2D eigenvalue weighted by Crippen LogP contribution is -1.79. The molecule has 0 fully saturated rings. The molecular weight excluding hydrogens is 210 g/mol. The summed E-state index contributed by atoms with van der Waals surface area (Å²) in [6.45, 7) is 3.59. The predicted octanol–water partition coefficient (Wildman–Crippen LogP) is 3.39. The number of phenols is 1. The lowest BCUT2D eigenvalue weighted by molar-refractivity contribution is 0.470. The summed E-state index contributed by atoms with van der Waals surface area (Å²) in [6, 6.07) is 16.8. The lowest BCUT2D eigenvalue weighted by atomic mass is 10.1. The van der Waals surface area contributed by atoms with E-state index in [1.807, 2.05) is 48.5 Å². The molecule has 0 aliphatic rings. The molecule has 3 N–H and O–H groups in total. The van der Waals surface area contributed by atoms with E-state index in [4.69, 9.17) is 5.73 Å². The second kappa shape index (κ2) is 7.12. The average Bonchev–Trinajstić information content (AvgIpc) is 2.34. The fourth-order valence-corrected chi connectivity index (χ4v) is 1.29. The van der Waals surface area contributed by atoms with Crippen molar-refractivity contribution >= 4 is 5.69 Å². The topological polar surface area (TPSA) is 46.2 Å². The van der Waals surface area contributed by atoms with Gasteiger partial charge in [0.1, 0.15) is 5.75 Å². The van der Waals surface area contributed by atoms with Crippen molar-refractivity contribution < 1.29 is 5.11 Å². The zero-order chi connectivity index (χ0) is 12.5. The summed E-state index contributed by atoms with van der Waals surface area (Å²) in [6.07, 6.45) is 2.50. The minimum atomic E-state index is 0.349. The quantitative estimate of drug-likeness (QED) is 0.610. The molecule has 0 saturated carbocycles. The molecule has 0 saturated heterocycles. The van der Waals surface area contributed by atoms with Crippen molar-refractivity contribution in [1.82, 2.24) is 0 Å². The smallest absolute Gasteiger partial charge is 0.119 e. The van der Waals surface area contributed by atoms with E-state index >= 15 is 0 Å². The number of hydrogen-bond acceptors (Lipinski definition) is 2. The Bertz CT molecular complexity index is 451. The van der Waals surface area contributed by atoms with Gasteiger partial charge in [-0.05, 0) is 30.2 Å². The third-order valence-corrected chi connectivity index (χ3v) is 2.16. The molecule has 2 rings (SSSR count). The Labute approximate surface area is 102 Å². The molecule has 17 heavy (non-hydrogen) atoms. The van der Waals surface area contributed by atoms with Crippen LogP contribution in [0.5, 0.6) is 5.75 Å². The van der Waals surface area contributed by atoms with Gasteiger partial charge >= 0.3 is 0 Å². The second-order valence-electron chi connectivity index (χ2n) is 3.53. The molecule has 0 bridgehead atoms. The highest BCUT2D eigenvalue weighted by atomic mass is 16.3. The van der Waals surface area contributed by atoms with Crippen molar-refractivity contribution in [2.75, 3.05) is 5.73 Å². The number of phenolic OH excluding ortho intramolecular Hbond substituents is 1. The monoisotopic (exact) mass is 227 g/mol. The third-order valence-electron chi connectivity index (χ3n) is 2.16. The third kappa shape index (κ3) is 4.89. The van der Waals surface area contributed by atoms with Gasteiger partial charge in [-0.1, -0.05) is 42.5 Å². The van der Waals surface area contributed by atoms with Crippen molar-refractivity contribution in [3.63, 3.8) is 0 Å². The Kier molecular flexibility index (Phi) is 5.38. The second-order valence-corrected chi connectivity index (χ2v) is 3.53. The van der Waals surface area contributed by atoms with Crippen LogP contribution in [0.2, 0.25) is 0 Å². The fourth-order valence-electron chi connectivity index (χ4n) is 1.29. The highest BCUT2D eigenvalue weighted by Gasteiger charge is 1.93. The zero-order valence-corrected chi connectivity index (χ0v) is 9.71. The van der Waals surface area contributed by atoms with E-state index in [9.17, 15) is 5.11 Å². The number of para-hydroxylation sites is 2. The number of benzene rings is 2. The van der Waals surface area contributed by atoms with Crippen LogP contribution in [-0.2, 0) is 6.42 Å². The molecule has 0 amide bonds. The van der Waals surface area contributed by atoms with Gasteiger partial charge in [-0.25, -0.2) is 0 Å². The van der Waals surface area contributed by atoms with Gasteiger partial charge in [-0.2, -0.15) is 0 Å². The van der Waals surface area contributed by atoms with Gasteiger partial charge in [0.15, 0.2) is 0 Å². The standard InChI is InChI=1S/C9H10O.C6H7N/c1-2-5-8-6-3-4-7-9(8)10;7-6-4-2-1-3-5-6/h2-4,6-7,10H,1,5H2;1-5H,7H2. The molecule has 0 unspecified atom stereocenters. The number of allylic oxidation sites excluding steroid dienone is 1. The number of nitrogens with two attached hydrogens (primary N) is 1. The summed E-state index contributed by atoms with van der Waals surface area (Å²) in [5.74, 6) is 0.349. The van der Waals surface area contributed by atoms with Crippen molar-refractivity contribution in [3.8, 4) is 5.75 Å². The molecule has 0 heterocycles. The Hall–Kier alpha value is -2.22. The maximum absolute atomic E-state index is 9.19. The number of hydrogen-bond donors (Lipinski definition) is 2. The summed E-state index contributed by atoms with van der Waals surface area (Å²) >= 11 is 0. The fraction of sp³-hybridized carbons (Fsp3) is 0.0667. The first-order chi connectivity index (χ1) is 8.24. The van der Waals surface area contributed by atoms with Crippen LogP contribution in [0.4, 0.5) is 5.69 Å². The average molecular weight is 227 g/mol. The predicted molar refractivity (Wildman–Crippen MR) is 72.9 cm³/mol. The molecule has 0 spiro atoms. The number of rotatable bonds is 2. The first-order valence-electron chi connectivity index (χ1n) is 5.42. The summed E-state index contributed by atoms with van der Waals surface area (Å²) in [5.41, 5.74) is 7.11. The van der Waals surface area contributed by atoms with Crippen molar-refractivity contribution in [1.29, 1.82) is 0 Å². The van der Waals surface area contributed by atoms with Crippen LogP contribution >= 0.6 is 0 Å². The first kappa shape index (κ1) is 12.8. The van der Waals surface area contributed by atoms with Crippen molar-refractivity contribution in [2.24, 2.45) is 0 Å². The summed E-state index contributed by atoms with van der Waals surface area (Å²) < 4.78 is 0. The van der Waals surface area contributed by atoms with Crippen LogP contribution in [0.1, 0.15) is 5.56 Å². The van der Waals surface area contributed by atoms with E-state index < -0.39 is 0 Å². The largest absolute Gasteiger partial charge is 0.508 e. The van der Waals surface area contributed by atoms with E-state index in [1.165, 1.54) is 0 Å². The maximum Gasteiger partial charge on any atom is 0.119 e. The van der Waals surface area contributed by atoms with Gasteiger partial charge in [-0.15, -0.1) is 6.58 Å². The lowest BCUT2D eigenvalue weighted by Gasteiger charge is -1.97. The van der Waals surface area contributed by atoms with Crippen LogP contribution < -0.4 is 5.73 Å². The van der Waals surface area contributed by atoms with Gasteiger partial charge in [0.2, 0.25) is 0 Å². The van der Waals surface area contributed by atoms with Crippen molar-refractivity contribution in [3.05, 3.63) is 72.8 Å². The van der Waals surface area contributed by atoms with E-state index in [1.54, 1.807) is 12.1 Å². The minimum absolute atomic E-state index is 0.349. The van der Waals surface area contributed by atoms with Gasteiger partial charge in [0, 0.05) is 5.69 Å². The number of aromatic hydroxyl groups is 1. The van der Waals surface area contributed by atoms with E-state index in [0.717, 1.165) is 17.7 Å². The molecular formula is C15H17NO. The van der Waals surface area contributed by atoms with Crippen LogP contribution in [-0.4, -0.2) is 5.11 Å². The Morgan fingerprint density at radius 1 is 1.00 bits per heavy atom. The molecule has 2 aromatic carbocycles. The molecule has 88 valence electrons. The van der Waals surface area contributed by atoms with Crippen LogP contribution in [0.25, 0.3) is 0 Å². The zero-order valence-electron chi connectivity index (χ0n) is 9.71. The summed E-state index contributed by atoms with van der Waals surface area (Å²) in [7, 11) is 0. The Balaban J connectivity index is 0.000000181. The molecule has 0 aliphatic carbocycles. The Morgan fingerprint density at radius 2 is 1.59 bits per heavy atom. The highest BCUT2D eigenvalue weighted by molar-refractivity contribution is 5.36. The maximum atomic E-state index is 9.19. The summed E-state index contributed by atoms with van der Waals surface area (Å²) in [5, 5.41) is 9.19. The minimum Gasteiger partial charge on any atom is -0.508 e. The summed E-state index contributed by atoms with van der Waals surface area (Å²) in [4.78, 5) is 0. The van der Waals surface area contributed by atoms with Crippen LogP contribution in [0.3, 0.4) is 0 Å². The van der Waals surface area contributed by atoms with Crippen LogP contribution in [0, 0.1) is 0 Å². The van der Waals surface area contributed by atoms with E-state index in [0.29, 0.717) is 5.75 Å². The highest BCUT2D eigenvalue weighted by Crippen LogP contribution is 2.15.